The van der Waals surface area contributed by atoms with Crippen molar-refractivity contribution in [2.45, 2.75) is 25.8 Å². The zero-order valence-corrected chi connectivity index (χ0v) is 10.4. The Morgan fingerprint density at radius 2 is 2.18 bits per heavy atom. The van der Waals surface area contributed by atoms with Crippen LogP contribution in [0.2, 0.25) is 0 Å². The zero-order valence-electron chi connectivity index (χ0n) is 10.4. The number of nitrogens with zero attached hydrogens (tertiary/aromatic N) is 1. The van der Waals surface area contributed by atoms with Crippen LogP contribution in [0.25, 0.3) is 0 Å². The monoisotopic (exact) mass is 234 g/mol. The Kier molecular flexibility index (Phi) is 2.83. The van der Waals surface area contributed by atoms with Gasteiger partial charge in [-0.3, -0.25) is 10.2 Å². The second-order valence-electron chi connectivity index (χ2n) is 5.03. The lowest BCUT2D eigenvalue weighted by atomic mass is 9.83. The highest BCUT2D eigenvalue weighted by atomic mass is 16.4. The van der Waals surface area contributed by atoms with Crippen LogP contribution in [0.5, 0.6) is 0 Å². The van der Waals surface area contributed by atoms with Crippen molar-refractivity contribution in [3.8, 4) is 0 Å². The molecule has 1 amide bonds. The molecule has 0 unspecified atom stereocenters. The van der Waals surface area contributed by atoms with Crippen LogP contribution in [0.4, 0.5) is 10.5 Å². The summed E-state index contributed by atoms with van der Waals surface area (Å²) in [6.45, 7) is 5.38. The largest absolute Gasteiger partial charge is 0.465 e. The van der Waals surface area contributed by atoms with E-state index in [2.05, 4.69) is 31.1 Å². The number of nitrogens with one attached hydrogen (secondary N) is 1. The van der Waals surface area contributed by atoms with E-state index in [1.54, 1.807) is 0 Å². The lowest BCUT2D eigenvalue weighted by Crippen LogP contribution is -2.43. The molecule has 0 atom stereocenters. The van der Waals surface area contributed by atoms with E-state index in [1.165, 1.54) is 11.1 Å². The number of hydrogen-bond donors (Lipinski definition) is 2. The van der Waals surface area contributed by atoms with Crippen LogP contribution >= 0.6 is 0 Å². The summed E-state index contributed by atoms with van der Waals surface area (Å²) in [5, 5.41) is 11.1. The first-order valence-corrected chi connectivity index (χ1v) is 5.76. The standard InChI is InChI=1S/C13H18N2O2/c1-13(2)11-5-4-10(14-12(16)17)8-9(11)6-7-15(13)3/h4-5,8,14H,6-7H2,1-3H3,(H,16,17). The van der Waals surface area contributed by atoms with Crippen LogP contribution in [-0.4, -0.2) is 29.7 Å². The van der Waals surface area contributed by atoms with Gasteiger partial charge in [-0.25, -0.2) is 4.79 Å². The molecule has 0 bridgehead atoms. The molecule has 17 heavy (non-hydrogen) atoms. The van der Waals surface area contributed by atoms with Crippen LogP contribution < -0.4 is 5.32 Å². The highest BCUT2D eigenvalue weighted by Crippen LogP contribution is 2.34. The van der Waals surface area contributed by atoms with Crippen LogP contribution in [-0.2, 0) is 12.0 Å². The average molecular weight is 234 g/mol. The summed E-state index contributed by atoms with van der Waals surface area (Å²) in [5.74, 6) is 0. The second-order valence-corrected chi connectivity index (χ2v) is 5.03. The van der Waals surface area contributed by atoms with E-state index in [9.17, 15) is 4.79 Å². The fourth-order valence-electron chi connectivity index (χ4n) is 2.37. The van der Waals surface area contributed by atoms with Crippen molar-refractivity contribution in [1.82, 2.24) is 4.90 Å². The van der Waals surface area contributed by atoms with Gasteiger partial charge in [0, 0.05) is 17.8 Å². The van der Waals surface area contributed by atoms with Crippen LogP contribution in [0, 0.1) is 0 Å². The first kappa shape index (κ1) is 11.9. The van der Waals surface area contributed by atoms with Crippen LogP contribution in [0.15, 0.2) is 18.2 Å². The normalized spacial score (nSPS) is 18.5. The van der Waals surface area contributed by atoms with E-state index in [-0.39, 0.29) is 5.54 Å². The maximum atomic E-state index is 10.6. The highest BCUT2D eigenvalue weighted by molar-refractivity contribution is 5.83. The summed E-state index contributed by atoms with van der Waals surface area (Å²) in [5.41, 5.74) is 3.17. The van der Waals surface area contributed by atoms with Gasteiger partial charge < -0.3 is 5.11 Å². The fraction of sp³-hybridized carbons (Fsp3) is 0.462. The molecular formula is C13H18N2O2. The number of carboxylic acid groups (broad SMARTS) is 1. The molecule has 1 aromatic rings. The predicted molar refractivity (Wildman–Crippen MR) is 67.4 cm³/mol. The lowest BCUT2D eigenvalue weighted by molar-refractivity contribution is 0.143. The molecular weight excluding hydrogens is 216 g/mol. The third kappa shape index (κ3) is 2.13. The third-order valence-corrected chi connectivity index (χ3v) is 3.69. The number of amides is 1. The topological polar surface area (TPSA) is 52.6 Å². The van der Waals surface area contributed by atoms with Gasteiger partial charge in [0.25, 0.3) is 0 Å². The molecule has 4 heteroatoms. The summed E-state index contributed by atoms with van der Waals surface area (Å²) in [7, 11) is 2.12. The molecule has 0 saturated carbocycles. The van der Waals surface area contributed by atoms with Crippen molar-refractivity contribution < 1.29 is 9.90 Å². The number of likely N-dealkylation sites (N-methyl/N-ethyl adjacent to an activating group) is 1. The van der Waals surface area contributed by atoms with E-state index < -0.39 is 6.09 Å². The molecule has 1 aromatic carbocycles. The summed E-state index contributed by atoms with van der Waals surface area (Å²) in [6.07, 6.45) is -0.0538. The Morgan fingerprint density at radius 1 is 1.47 bits per heavy atom. The van der Waals surface area contributed by atoms with E-state index in [0.717, 1.165) is 13.0 Å². The van der Waals surface area contributed by atoms with Crippen molar-refractivity contribution in [3.63, 3.8) is 0 Å². The molecule has 0 fully saturated rings. The minimum Gasteiger partial charge on any atom is -0.465 e. The molecule has 0 aliphatic carbocycles. The lowest BCUT2D eigenvalue weighted by Gasteiger charge is -2.41. The van der Waals surface area contributed by atoms with Gasteiger partial charge in [0.15, 0.2) is 0 Å². The number of carbonyl (C=O) groups is 1. The zero-order chi connectivity index (χ0) is 12.6. The molecule has 2 N–H and O–H groups in total. The fourth-order valence-corrected chi connectivity index (χ4v) is 2.37. The molecule has 0 radical (unpaired) electrons. The number of hydrogen-bond acceptors (Lipinski definition) is 2. The van der Waals surface area contributed by atoms with Gasteiger partial charge >= 0.3 is 6.09 Å². The molecule has 0 spiro atoms. The number of anilines is 1. The number of benzene rings is 1. The molecule has 92 valence electrons. The van der Waals surface area contributed by atoms with Gasteiger partial charge in [0.1, 0.15) is 0 Å². The minimum atomic E-state index is -1.02. The Labute approximate surface area is 101 Å². The second kappa shape index (κ2) is 4.04. The van der Waals surface area contributed by atoms with Crippen molar-refractivity contribution in [2.24, 2.45) is 0 Å². The molecule has 0 saturated heterocycles. The van der Waals surface area contributed by atoms with Gasteiger partial charge in [-0.05, 0) is 50.6 Å². The SMILES string of the molecule is CN1CCc2cc(NC(=O)O)ccc2C1(C)C. The maximum Gasteiger partial charge on any atom is 0.409 e. The Balaban J connectivity index is 2.38. The summed E-state index contributed by atoms with van der Waals surface area (Å²) in [6, 6.07) is 5.79. The maximum absolute atomic E-state index is 10.6. The van der Waals surface area contributed by atoms with Crippen LogP contribution in [0.3, 0.4) is 0 Å². The van der Waals surface area contributed by atoms with Crippen LogP contribution in [0.1, 0.15) is 25.0 Å². The first-order chi connectivity index (χ1) is 7.91. The molecule has 0 aromatic heterocycles. The molecule has 2 rings (SSSR count). The van der Waals surface area contributed by atoms with Gasteiger partial charge in [-0.2, -0.15) is 0 Å². The van der Waals surface area contributed by atoms with Gasteiger partial charge in [-0.1, -0.05) is 6.07 Å². The van der Waals surface area contributed by atoms with E-state index in [0.29, 0.717) is 5.69 Å². The molecule has 1 aliphatic rings. The number of fused-ring (bicyclic) bond motifs is 1. The van der Waals surface area contributed by atoms with Gasteiger partial charge in [0.05, 0.1) is 0 Å². The molecule has 1 heterocycles. The highest BCUT2D eigenvalue weighted by Gasteiger charge is 2.31. The summed E-state index contributed by atoms with van der Waals surface area (Å²) < 4.78 is 0. The molecule has 1 aliphatic heterocycles. The first-order valence-electron chi connectivity index (χ1n) is 5.76. The van der Waals surface area contributed by atoms with Crippen molar-refractivity contribution >= 4 is 11.8 Å². The quantitative estimate of drug-likeness (QED) is 0.785. The van der Waals surface area contributed by atoms with E-state index in [4.69, 9.17) is 5.11 Å². The average Bonchev–Trinajstić information content (AvgIpc) is 2.23. The van der Waals surface area contributed by atoms with Crippen molar-refractivity contribution in [2.75, 3.05) is 18.9 Å². The molecule has 4 nitrogen and oxygen atoms in total. The van der Waals surface area contributed by atoms with Crippen molar-refractivity contribution in [3.05, 3.63) is 29.3 Å². The minimum absolute atomic E-state index is 0.00926. The Bertz CT molecular complexity index is 455. The van der Waals surface area contributed by atoms with Gasteiger partial charge in [0.2, 0.25) is 0 Å². The third-order valence-electron chi connectivity index (χ3n) is 3.69. The Morgan fingerprint density at radius 3 is 2.82 bits per heavy atom. The Hall–Kier alpha value is -1.55. The number of rotatable bonds is 1. The van der Waals surface area contributed by atoms with Gasteiger partial charge in [-0.15, -0.1) is 0 Å². The van der Waals surface area contributed by atoms with E-state index >= 15 is 0 Å². The smallest absolute Gasteiger partial charge is 0.409 e. The summed E-state index contributed by atoms with van der Waals surface area (Å²) >= 11 is 0. The van der Waals surface area contributed by atoms with E-state index in [1.807, 2.05) is 18.2 Å². The predicted octanol–water partition coefficient (Wildman–Crippen LogP) is 2.50. The summed E-state index contributed by atoms with van der Waals surface area (Å²) in [4.78, 5) is 12.9. The van der Waals surface area contributed by atoms with Crippen molar-refractivity contribution in [1.29, 1.82) is 0 Å².